The Bertz CT molecular complexity index is 3830. The van der Waals surface area contributed by atoms with Gasteiger partial charge in [0.05, 0.1) is 74.6 Å². The standard InChI is InChI=1S/2C11H12O4.C10H9NO2.C9H9ClO2.2C9H10O4.C9H10O3.2C2H2Br2.CN.Cl2OS.Na/c2*1-2-13-11(12)8-3-4-9-10(7-8)15-6-5-14-9;11-4-3-8-1-2-9-10(7-8)13-6-5-12-9;10-6-7-1-2-8-9(5-7)12-4-3-11-8;2*1-2-13-9(12)6-3-4-7(10)8(11)5-6;10-6-7-1-2-8-9(5-7)12-4-3-11-8;2*1-2(3)4;1-2;1-4(2)3;/h2*3-4,7H,2,5-6H2,1H3;1-2,7H,3,5-6H2;1-2,5H,3-4,6H2;2*3-5,10-11H,2H2,1H3;1-2,5,10H,3-4,6H2;2*1H2;;;/q;;;;;;;;;-1;;+1. The second kappa shape index (κ2) is 57.1. The fourth-order valence-corrected chi connectivity index (χ4v) is 8.31. The largest absolute Gasteiger partial charge is 1.00 e. The number of carbonyl (C=O) groups is 4. The quantitative estimate of drug-likeness (QED) is 0.0153. The van der Waals surface area contributed by atoms with E-state index in [9.17, 15) is 19.2 Å². The van der Waals surface area contributed by atoms with Gasteiger partial charge in [0.1, 0.15) is 66.1 Å². The molecular weight excluding hydrogens is 1770 g/mol. The molecule has 0 saturated carbocycles. The van der Waals surface area contributed by atoms with E-state index < -0.39 is 21.2 Å². The first-order valence-electron chi connectivity index (χ1n) is 31.5. The van der Waals surface area contributed by atoms with E-state index in [2.05, 4.69) is 104 Å². The summed E-state index contributed by atoms with van der Waals surface area (Å²) in [7, 11) is 7.36. The van der Waals surface area contributed by atoms with Crippen molar-refractivity contribution < 1.29 is 145 Å². The van der Waals surface area contributed by atoms with Crippen molar-refractivity contribution in [3.05, 3.63) is 193 Å². The molecule has 0 aliphatic carbocycles. The molecule has 0 bridgehead atoms. The number of carbonyl (C=O) groups excluding carboxylic acids is 4. The number of alkyl halides is 1. The summed E-state index contributed by atoms with van der Waals surface area (Å²) in [4.78, 5) is 45.0. The zero-order valence-corrected chi connectivity index (χ0v) is 70.4. The second-order valence-corrected chi connectivity index (χ2v) is 28.7. The normalized spacial score (nSPS) is 11.7. The number of aromatic hydroxyl groups is 4. The summed E-state index contributed by atoms with van der Waals surface area (Å²) in [6.45, 7) is 25.5. The van der Waals surface area contributed by atoms with Crippen molar-refractivity contribution in [3.63, 3.8) is 0 Å². The summed E-state index contributed by atoms with van der Waals surface area (Å²) >= 11 is 17.6. The van der Waals surface area contributed by atoms with Gasteiger partial charge in [-0.3, -0.25) is 0 Å². The molecule has 5 aliphatic heterocycles. The number of fused-ring (bicyclic) bond motifs is 5. The molecule has 12 rings (SSSR count). The number of halogens is 7. The molecule has 578 valence electrons. The number of rotatable bonds is 11. The molecule has 5 heterocycles. The molecule has 0 saturated heterocycles. The zero-order chi connectivity index (χ0) is 79.6. The Kier molecular flexibility index (Phi) is 51.8. The SMILES string of the molecule is C=C(Br)Br.C=C(Br)Br.CCOC(=O)c1ccc(O)c(O)c1.CCOC(=O)c1ccc(O)c(O)c1.CCOC(=O)c1ccc2c(c1)OCCO2.CCOC(=O)c1ccc2c(c1)OCCO2.ClCc1ccc2c(c1)OCCO2.N#CCc1ccc2c(c1)OCCO2.O=S(Cl)Cl.OCc1ccc2c(c1)OCCO2.[C-]#N.[Na+]. The Morgan fingerprint density at radius 1 is 0.426 bits per heavy atom. The van der Waals surface area contributed by atoms with Crippen LogP contribution >= 0.6 is 96.7 Å². The molecule has 0 unspecified atom stereocenters. The third-order valence-corrected chi connectivity index (χ3v) is 12.8. The number of benzene rings is 7. The first-order chi connectivity index (χ1) is 51.3. The van der Waals surface area contributed by atoms with Crippen molar-refractivity contribution in [2.24, 2.45) is 0 Å². The predicted octanol–water partition coefficient (Wildman–Crippen LogP) is 13.1. The minimum absolute atomic E-state index is 0. The zero-order valence-electron chi connectivity index (χ0n) is 59.0. The fraction of sp³-hybridized carbons (Fsp3) is 0.288. The van der Waals surface area contributed by atoms with E-state index in [4.69, 9.17) is 125 Å². The van der Waals surface area contributed by atoms with E-state index in [0.29, 0.717) is 126 Å². The maximum absolute atomic E-state index is 11.4. The predicted molar refractivity (Wildman–Crippen MR) is 414 cm³/mol. The van der Waals surface area contributed by atoms with Crippen LogP contribution in [0.1, 0.15) is 85.8 Å². The van der Waals surface area contributed by atoms with Gasteiger partial charge in [-0.1, -0.05) is 31.4 Å². The smallest absolute Gasteiger partial charge is 0.512 e. The summed E-state index contributed by atoms with van der Waals surface area (Å²) in [6, 6.07) is 36.5. The van der Waals surface area contributed by atoms with Gasteiger partial charge in [-0.2, -0.15) is 5.26 Å². The van der Waals surface area contributed by atoms with E-state index in [0.717, 1.165) is 70.1 Å². The third-order valence-electron chi connectivity index (χ3n) is 12.5. The summed E-state index contributed by atoms with van der Waals surface area (Å²) in [5, 5.41) is 59.6. The van der Waals surface area contributed by atoms with E-state index in [1.54, 1.807) is 70.2 Å². The van der Waals surface area contributed by atoms with Crippen molar-refractivity contribution in [3.8, 4) is 86.6 Å². The van der Waals surface area contributed by atoms with Crippen molar-refractivity contribution in [2.45, 2.75) is 46.6 Å². The van der Waals surface area contributed by atoms with E-state index in [1.807, 2.05) is 48.5 Å². The molecule has 0 amide bonds. The number of nitriles is 1. The minimum Gasteiger partial charge on any atom is -0.512 e. The van der Waals surface area contributed by atoms with Crippen LogP contribution in [0.3, 0.4) is 0 Å². The van der Waals surface area contributed by atoms with Crippen LogP contribution in [-0.2, 0) is 47.1 Å². The van der Waals surface area contributed by atoms with Crippen LogP contribution in [0.2, 0.25) is 0 Å². The van der Waals surface area contributed by atoms with Gasteiger partial charge in [0, 0.05) is 27.2 Å². The number of aliphatic hydroxyl groups is 1. The molecule has 0 aromatic heterocycles. The van der Waals surface area contributed by atoms with E-state index in [-0.39, 0.29) is 95.4 Å². The van der Waals surface area contributed by atoms with Gasteiger partial charge < -0.3 is 104 Å². The van der Waals surface area contributed by atoms with Gasteiger partial charge in [0.25, 0.3) is 0 Å². The van der Waals surface area contributed by atoms with Crippen molar-refractivity contribution in [1.82, 2.24) is 0 Å². The molecule has 0 fully saturated rings. The Labute approximate surface area is 697 Å². The van der Waals surface area contributed by atoms with Crippen molar-refractivity contribution >= 4 is 130 Å². The van der Waals surface area contributed by atoms with Gasteiger partial charge in [-0.25, -0.2) is 23.4 Å². The van der Waals surface area contributed by atoms with Gasteiger partial charge in [0.15, 0.2) is 80.5 Å². The average molecular weight is 1850 g/mol. The van der Waals surface area contributed by atoms with Gasteiger partial charge in [0.2, 0.25) is 9.23 Å². The Morgan fingerprint density at radius 3 is 0.907 bits per heavy atom. The maximum Gasteiger partial charge on any atom is 1.00 e. The molecule has 5 aliphatic rings. The molecule has 7 aromatic carbocycles. The number of phenolic OH excluding ortho intramolecular Hbond substituents is 4. The van der Waals surface area contributed by atoms with Crippen LogP contribution in [0.25, 0.3) is 0 Å². The monoisotopic (exact) mass is 1840 g/mol. The summed E-state index contributed by atoms with van der Waals surface area (Å²) in [5.41, 5.74) is 4.28. The van der Waals surface area contributed by atoms with Gasteiger partial charge in [-0.15, -0.1) is 11.6 Å². The number of hydrogen-bond acceptors (Lipinski definition) is 26. The molecule has 35 heteroatoms. The fourth-order valence-electron chi connectivity index (χ4n) is 8.15. The summed E-state index contributed by atoms with van der Waals surface area (Å²) in [5.74, 6) is 4.82. The van der Waals surface area contributed by atoms with Gasteiger partial charge >= 0.3 is 53.4 Å². The molecular formula is C73H76Br4Cl3N2NaO24S. The van der Waals surface area contributed by atoms with E-state index in [1.165, 1.54) is 24.3 Å². The number of esters is 4. The molecule has 7 aromatic rings. The maximum atomic E-state index is 11.4. The number of ether oxygens (including phenoxy) is 14. The summed E-state index contributed by atoms with van der Waals surface area (Å²) in [6.07, 6.45) is 0.413. The Hall–Kier alpha value is -8.02. The Balaban J connectivity index is 0.000000611. The Morgan fingerprint density at radius 2 is 0.648 bits per heavy atom. The van der Waals surface area contributed by atoms with Crippen molar-refractivity contribution in [1.29, 1.82) is 10.5 Å². The van der Waals surface area contributed by atoms with Crippen LogP contribution in [0.5, 0.6) is 80.5 Å². The van der Waals surface area contributed by atoms with Crippen molar-refractivity contribution in [2.75, 3.05) is 92.5 Å². The molecule has 5 N–H and O–H groups in total. The minimum atomic E-state index is -1.67. The average Bonchev–Trinajstić information content (AvgIpc) is 0.868. The topological polar surface area (TPSA) is 363 Å². The van der Waals surface area contributed by atoms with Crippen LogP contribution in [0.15, 0.2) is 147 Å². The first-order valence-corrected chi connectivity index (χ1v) is 38.0. The number of aliphatic hydroxyl groups excluding tert-OH is 1. The third kappa shape index (κ3) is 39.4. The van der Waals surface area contributed by atoms with E-state index >= 15 is 0 Å². The summed E-state index contributed by atoms with van der Waals surface area (Å²) < 4.78 is 83.3. The van der Waals surface area contributed by atoms with Crippen LogP contribution in [0.4, 0.5) is 0 Å². The number of hydrogen-bond donors (Lipinski definition) is 5. The van der Waals surface area contributed by atoms with Crippen LogP contribution in [-0.4, -0.2) is 146 Å². The molecule has 26 nitrogen and oxygen atoms in total. The first kappa shape index (κ1) is 98.0. The molecule has 108 heavy (non-hydrogen) atoms. The molecule has 0 atom stereocenters. The van der Waals surface area contributed by atoms with Gasteiger partial charge in [-0.05, 0) is 217 Å². The molecule has 0 spiro atoms. The van der Waals surface area contributed by atoms with Crippen LogP contribution < -0.4 is 76.9 Å². The molecule has 0 radical (unpaired) electrons. The number of nitrogens with zero attached hydrogens (tertiary/aromatic N) is 2. The van der Waals surface area contributed by atoms with Crippen LogP contribution in [0, 0.1) is 23.2 Å². The second-order valence-electron chi connectivity index (χ2n) is 19.9. The number of phenols is 4.